The van der Waals surface area contributed by atoms with Crippen LogP contribution in [0.4, 0.5) is 5.13 Å². The van der Waals surface area contributed by atoms with Gasteiger partial charge < -0.3 is 0 Å². The Hall–Kier alpha value is -3.50. The summed E-state index contributed by atoms with van der Waals surface area (Å²) in [7, 11) is 0. The normalized spacial score (nSPS) is 11.2. The second-order valence-electron chi connectivity index (χ2n) is 7.93. The summed E-state index contributed by atoms with van der Waals surface area (Å²) >= 11 is 1.59. The molecule has 1 amide bonds. The number of rotatable bonds is 6. The van der Waals surface area contributed by atoms with E-state index in [9.17, 15) is 4.79 Å². The highest BCUT2D eigenvalue weighted by atomic mass is 32.1. The molecule has 32 heavy (non-hydrogen) atoms. The molecule has 4 aromatic carbocycles. The number of aryl methyl sites for hydroxylation is 1. The van der Waals surface area contributed by atoms with Crippen molar-refractivity contribution in [3.8, 4) is 0 Å². The van der Waals surface area contributed by atoms with Crippen molar-refractivity contribution >= 4 is 43.4 Å². The number of fused-ring (bicyclic) bond motifs is 2. The van der Waals surface area contributed by atoms with Gasteiger partial charge in [-0.15, -0.1) is 0 Å². The Bertz CT molecular complexity index is 1390. The van der Waals surface area contributed by atoms with Crippen molar-refractivity contribution in [3.05, 3.63) is 108 Å². The molecule has 0 aliphatic rings. The van der Waals surface area contributed by atoms with Crippen LogP contribution in [0.1, 0.15) is 23.6 Å². The first-order valence-corrected chi connectivity index (χ1v) is 11.7. The van der Waals surface area contributed by atoms with E-state index in [-0.39, 0.29) is 5.91 Å². The van der Waals surface area contributed by atoms with Crippen molar-refractivity contribution in [2.45, 2.75) is 26.3 Å². The Labute approximate surface area is 192 Å². The molecule has 3 nitrogen and oxygen atoms in total. The van der Waals surface area contributed by atoms with E-state index in [0.717, 1.165) is 43.7 Å². The molecule has 0 spiro atoms. The smallest absolute Gasteiger partial charge is 0.233 e. The highest BCUT2D eigenvalue weighted by molar-refractivity contribution is 7.22. The van der Waals surface area contributed by atoms with Crippen LogP contribution in [0.2, 0.25) is 0 Å². The summed E-state index contributed by atoms with van der Waals surface area (Å²) in [6.45, 7) is 2.66. The average Bonchev–Trinajstić information content (AvgIpc) is 3.26. The fourth-order valence-corrected chi connectivity index (χ4v) is 5.07. The number of anilines is 1. The molecule has 0 unspecified atom stereocenters. The van der Waals surface area contributed by atoms with Gasteiger partial charge in [0.05, 0.1) is 23.2 Å². The largest absolute Gasteiger partial charge is 0.283 e. The van der Waals surface area contributed by atoms with Crippen molar-refractivity contribution in [3.63, 3.8) is 0 Å². The first-order chi connectivity index (χ1) is 15.7. The Kier molecular flexibility index (Phi) is 5.70. The van der Waals surface area contributed by atoms with Gasteiger partial charge in [0.25, 0.3) is 0 Å². The minimum Gasteiger partial charge on any atom is -0.283 e. The van der Waals surface area contributed by atoms with E-state index in [4.69, 9.17) is 4.98 Å². The summed E-state index contributed by atoms with van der Waals surface area (Å²) < 4.78 is 1.12. The monoisotopic (exact) mass is 436 g/mol. The van der Waals surface area contributed by atoms with Crippen LogP contribution >= 0.6 is 11.3 Å². The standard InChI is InChI=1S/C28H24N2OS/c1-2-20-15-16-25-26(17-20)32-28(29-25)30(19-21-9-4-3-5-10-21)27(31)18-23-13-8-12-22-11-6-7-14-24(22)23/h3-17H,2,18-19H2,1H3. The van der Waals surface area contributed by atoms with Crippen molar-refractivity contribution < 1.29 is 4.79 Å². The number of thiazole rings is 1. The number of hydrogen-bond acceptors (Lipinski definition) is 3. The molecule has 1 aromatic heterocycles. The summed E-state index contributed by atoms with van der Waals surface area (Å²) in [6.07, 6.45) is 1.32. The molecule has 0 radical (unpaired) electrons. The van der Waals surface area contributed by atoms with E-state index < -0.39 is 0 Å². The Morgan fingerprint density at radius 1 is 0.875 bits per heavy atom. The minimum atomic E-state index is 0.0555. The molecule has 5 aromatic rings. The zero-order chi connectivity index (χ0) is 21.9. The lowest BCUT2D eigenvalue weighted by atomic mass is 10.0. The second-order valence-corrected chi connectivity index (χ2v) is 8.94. The van der Waals surface area contributed by atoms with Crippen LogP contribution in [0, 0.1) is 0 Å². The summed E-state index contributed by atoms with van der Waals surface area (Å²) in [5.41, 5.74) is 4.36. The van der Waals surface area contributed by atoms with E-state index >= 15 is 0 Å². The van der Waals surface area contributed by atoms with E-state index in [2.05, 4.69) is 55.5 Å². The summed E-state index contributed by atoms with van der Waals surface area (Å²) in [5.74, 6) is 0.0555. The number of aromatic nitrogens is 1. The number of carbonyl (C=O) groups excluding carboxylic acids is 1. The first-order valence-electron chi connectivity index (χ1n) is 10.9. The van der Waals surface area contributed by atoms with Gasteiger partial charge in [0.2, 0.25) is 5.91 Å². The lowest BCUT2D eigenvalue weighted by Gasteiger charge is -2.20. The molecule has 0 aliphatic carbocycles. The van der Waals surface area contributed by atoms with Gasteiger partial charge in [0.1, 0.15) is 0 Å². The van der Waals surface area contributed by atoms with Gasteiger partial charge in [0.15, 0.2) is 5.13 Å². The van der Waals surface area contributed by atoms with Gasteiger partial charge in [-0.25, -0.2) is 4.98 Å². The number of benzene rings is 4. The SMILES string of the molecule is CCc1ccc2nc(N(Cc3ccccc3)C(=O)Cc3cccc4ccccc34)sc2c1. The molecule has 0 N–H and O–H groups in total. The van der Waals surface area contributed by atoms with Crippen LogP contribution in [0.15, 0.2) is 91.0 Å². The van der Waals surface area contributed by atoms with Crippen LogP contribution in [0.5, 0.6) is 0 Å². The quantitative estimate of drug-likeness (QED) is 0.294. The molecule has 1 heterocycles. The minimum absolute atomic E-state index is 0.0555. The van der Waals surface area contributed by atoms with Gasteiger partial charge in [-0.2, -0.15) is 0 Å². The van der Waals surface area contributed by atoms with Crippen molar-refractivity contribution in [1.82, 2.24) is 4.98 Å². The highest BCUT2D eigenvalue weighted by Crippen LogP contribution is 2.31. The highest BCUT2D eigenvalue weighted by Gasteiger charge is 2.21. The van der Waals surface area contributed by atoms with Crippen LogP contribution in [-0.4, -0.2) is 10.9 Å². The van der Waals surface area contributed by atoms with Gasteiger partial charge in [-0.3, -0.25) is 9.69 Å². The average molecular weight is 437 g/mol. The number of nitrogens with zero attached hydrogens (tertiary/aromatic N) is 2. The summed E-state index contributed by atoms with van der Waals surface area (Å²) in [6, 6.07) is 30.9. The molecule has 0 atom stereocenters. The fraction of sp³-hybridized carbons (Fsp3) is 0.143. The maximum Gasteiger partial charge on any atom is 0.233 e. The molecule has 158 valence electrons. The van der Waals surface area contributed by atoms with E-state index in [1.807, 2.05) is 47.4 Å². The Morgan fingerprint density at radius 2 is 1.66 bits per heavy atom. The lowest BCUT2D eigenvalue weighted by molar-refractivity contribution is -0.118. The molecular formula is C28H24N2OS. The number of hydrogen-bond donors (Lipinski definition) is 0. The van der Waals surface area contributed by atoms with E-state index in [0.29, 0.717) is 13.0 Å². The van der Waals surface area contributed by atoms with Gasteiger partial charge in [-0.1, -0.05) is 97.1 Å². The van der Waals surface area contributed by atoms with E-state index in [1.165, 1.54) is 5.56 Å². The van der Waals surface area contributed by atoms with Crippen LogP contribution in [-0.2, 0) is 24.2 Å². The Morgan fingerprint density at radius 3 is 2.50 bits per heavy atom. The number of carbonyl (C=O) groups is 1. The topological polar surface area (TPSA) is 33.2 Å². The third-order valence-corrected chi connectivity index (χ3v) is 6.83. The maximum atomic E-state index is 13.7. The van der Waals surface area contributed by atoms with Gasteiger partial charge in [0, 0.05) is 0 Å². The summed E-state index contributed by atoms with van der Waals surface area (Å²) in [4.78, 5) is 20.3. The molecule has 0 bridgehead atoms. The molecule has 0 aliphatic heterocycles. The number of amides is 1. The fourth-order valence-electron chi connectivity index (χ4n) is 4.03. The van der Waals surface area contributed by atoms with Crippen LogP contribution in [0.25, 0.3) is 21.0 Å². The zero-order valence-electron chi connectivity index (χ0n) is 18.0. The van der Waals surface area contributed by atoms with Gasteiger partial charge >= 0.3 is 0 Å². The van der Waals surface area contributed by atoms with Crippen molar-refractivity contribution in [2.24, 2.45) is 0 Å². The predicted molar refractivity (Wildman–Crippen MR) is 134 cm³/mol. The third-order valence-electron chi connectivity index (χ3n) is 5.79. The predicted octanol–water partition coefficient (Wildman–Crippen LogP) is 6.79. The maximum absolute atomic E-state index is 13.7. The summed E-state index contributed by atoms with van der Waals surface area (Å²) in [5, 5.41) is 3.03. The lowest BCUT2D eigenvalue weighted by Crippen LogP contribution is -2.31. The molecule has 5 rings (SSSR count). The zero-order valence-corrected chi connectivity index (χ0v) is 18.8. The third kappa shape index (κ3) is 4.14. The molecule has 4 heteroatoms. The van der Waals surface area contributed by atoms with Gasteiger partial charge in [-0.05, 0) is 46.0 Å². The second kappa shape index (κ2) is 8.93. The van der Waals surface area contributed by atoms with E-state index in [1.54, 1.807) is 11.3 Å². The molecular weight excluding hydrogens is 412 g/mol. The molecule has 0 fully saturated rings. The Balaban J connectivity index is 1.52. The molecule has 0 saturated heterocycles. The molecule has 0 saturated carbocycles. The van der Waals surface area contributed by atoms with Crippen LogP contribution < -0.4 is 4.90 Å². The van der Waals surface area contributed by atoms with Crippen LogP contribution in [0.3, 0.4) is 0 Å². The van der Waals surface area contributed by atoms with Crippen molar-refractivity contribution in [2.75, 3.05) is 4.90 Å². The first kappa shape index (κ1) is 20.4. The van der Waals surface area contributed by atoms with Crippen molar-refractivity contribution in [1.29, 1.82) is 0 Å².